The molecule has 0 aromatic rings. The summed E-state index contributed by atoms with van der Waals surface area (Å²) in [5.74, 6) is 2.06. The average Bonchev–Trinajstić information content (AvgIpc) is 3.20. The van der Waals surface area contributed by atoms with E-state index >= 15 is 0 Å². The van der Waals surface area contributed by atoms with Gasteiger partial charge in [-0.05, 0) is 76.3 Å². The molecule has 0 bridgehead atoms. The molecule has 0 radical (unpaired) electrons. The monoisotopic (exact) mass is 236 g/mol. The first-order valence-electron chi connectivity index (χ1n) is 7.64. The topological polar surface area (TPSA) is 15.3 Å². The zero-order chi connectivity index (χ0) is 11.9. The number of nitrogens with one attached hydrogen (secondary N) is 1. The van der Waals surface area contributed by atoms with Gasteiger partial charge >= 0.3 is 0 Å². The maximum absolute atomic E-state index is 3.51. The van der Waals surface area contributed by atoms with Gasteiger partial charge < -0.3 is 10.2 Å². The fraction of sp³-hybridized carbons (Fsp3) is 1.00. The van der Waals surface area contributed by atoms with Crippen LogP contribution in [0.1, 0.15) is 46.0 Å². The van der Waals surface area contributed by atoms with Gasteiger partial charge in [0.25, 0.3) is 0 Å². The summed E-state index contributed by atoms with van der Waals surface area (Å²) in [6.07, 6.45) is 7.37. The molecule has 3 fully saturated rings. The molecule has 98 valence electrons. The van der Waals surface area contributed by atoms with Crippen molar-refractivity contribution < 1.29 is 0 Å². The maximum atomic E-state index is 3.51. The fourth-order valence-electron chi connectivity index (χ4n) is 3.64. The van der Waals surface area contributed by atoms with Gasteiger partial charge in [0.1, 0.15) is 0 Å². The molecule has 2 heteroatoms. The zero-order valence-electron chi connectivity index (χ0n) is 11.5. The van der Waals surface area contributed by atoms with Gasteiger partial charge in [-0.1, -0.05) is 0 Å². The van der Waals surface area contributed by atoms with E-state index in [4.69, 9.17) is 0 Å². The molecule has 3 rings (SSSR count). The second kappa shape index (κ2) is 4.55. The van der Waals surface area contributed by atoms with Crippen molar-refractivity contribution in [2.24, 2.45) is 17.3 Å². The molecule has 1 N–H and O–H groups in total. The Morgan fingerprint density at radius 2 is 1.88 bits per heavy atom. The molecule has 17 heavy (non-hydrogen) atoms. The minimum Gasteiger partial charge on any atom is -0.317 e. The van der Waals surface area contributed by atoms with Crippen molar-refractivity contribution in [2.45, 2.75) is 52.0 Å². The van der Waals surface area contributed by atoms with E-state index in [0.717, 1.165) is 23.3 Å². The van der Waals surface area contributed by atoms with Crippen LogP contribution in [-0.4, -0.2) is 37.1 Å². The minimum absolute atomic E-state index is 0.745. The molecule has 2 aliphatic carbocycles. The van der Waals surface area contributed by atoms with Crippen molar-refractivity contribution in [3.8, 4) is 0 Å². The van der Waals surface area contributed by atoms with Crippen molar-refractivity contribution in [3.63, 3.8) is 0 Å². The summed E-state index contributed by atoms with van der Waals surface area (Å²) in [7, 11) is 0. The number of hydrogen-bond donors (Lipinski definition) is 1. The quantitative estimate of drug-likeness (QED) is 0.789. The molecule has 1 saturated heterocycles. The molecular formula is C15H28N2. The Kier molecular flexibility index (Phi) is 3.20. The van der Waals surface area contributed by atoms with Crippen LogP contribution >= 0.6 is 0 Å². The molecule has 0 aromatic carbocycles. The summed E-state index contributed by atoms with van der Waals surface area (Å²) in [6.45, 7) is 10.0. The molecular weight excluding hydrogens is 208 g/mol. The van der Waals surface area contributed by atoms with Crippen LogP contribution in [0, 0.1) is 17.3 Å². The van der Waals surface area contributed by atoms with Gasteiger partial charge in [0.15, 0.2) is 0 Å². The highest BCUT2D eigenvalue weighted by Crippen LogP contribution is 2.58. The summed E-state index contributed by atoms with van der Waals surface area (Å²) < 4.78 is 0. The molecule has 2 nitrogen and oxygen atoms in total. The molecule has 2 saturated carbocycles. The first kappa shape index (κ1) is 12.0. The van der Waals surface area contributed by atoms with Crippen molar-refractivity contribution >= 4 is 0 Å². The predicted octanol–water partition coefficient (Wildman–Crippen LogP) is 2.50. The third kappa shape index (κ3) is 2.68. The molecule has 0 amide bonds. The lowest BCUT2D eigenvalue weighted by Gasteiger charge is -2.29. The van der Waals surface area contributed by atoms with E-state index in [-0.39, 0.29) is 0 Å². The second-order valence-corrected chi connectivity index (χ2v) is 7.00. The van der Waals surface area contributed by atoms with Crippen LogP contribution in [0.3, 0.4) is 0 Å². The summed E-state index contributed by atoms with van der Waals surface area (Å²) >= 11 is 0. The van der Waals surface area contributed by atoms with Crippen LogP contribution in [0.5, 0.6) is 0 Å². The van der Waals surface area contributed by atoms with Crippen LogP contribution in [0.2, 0.25) is 0 Å². The lowest BCUT2D eigenvalue weighted by Crippen LogP contribution is -2.37. The SMILES string of the molecule is CC(C)N(CC1CC1)CC1CC12CCNCC2. The van der Waals surface area contributed by atoms with E-state index in [1.165, 1.54) is 58.3 Å². The average molecular weight is 236 g/mol. The van der Waals surface area contributed by atoms with E-state index in [0.29, 0.717) is 0 Å². The number of piperidine rings is 1. The smallest absolute Gasteiger partial charge is 0.00388 e. The van der Waals surface area contributed by atoms with Crippen LogP contribution in [0.25, 0.3) is 0 Å². The number of rotatable bonds is 5. The van der Waals surface area contributed by atoms with Gasteiger partial charge in [0.2, 0.25) is 0 Å². The molecule has 1 aliphatic heterocycles. The highest BCUT2D eigenvalue weighted by Gasteiger charge is 2.54. The standard InChI is InChI=1S/C15H28N2/c1-12(2)17(10-13-3-4-13)11-14-9-15(14)5-7-16-8-6-15/h12-14,16H,3-11H2,1-2H3. The third-order valence-corrected chi connectivity index (χ3v) is 5.33. The third-order valence-electron chi connectivity index (χ3n) is 5.33. The Bertz CT molecular complexity index is 264. The van der Waals surface area contributed by atoms with Gasteiger partial charge in [-0.2, -0.15) is 0 Å². The van der Waals surface area contributed by atoms with Gasteiger partial charge in [-0.3, -0.25) is 0 Å². The molecule has 0 aromatic heterocycles. The summed E-state index contributed by atoms with van der Waals surface area (Å²) in [5, 5.41) is 3.51. The van der Waals surface area contributed by atoms with E-state index < -0.39 is 0 Å². The first-order valence-corrected chi connectivity index (χ1v) is 7.64. The normalized spacial score (nSPS) is 31.4. The molecule has 3 aliphatic rings. The second-order valence-electron chi connectivity index (χ2n) is 7.00. The van der Waals surface area contributed by atoms with Crippen LogP contribution < -0.4 is 5.32 Å². The summed E-state index contributed by atoms with van der Waals surface area (Å²) in [5.41, 5.74) is 0.766. The Labute approximate surface area is 106 Å². The van der Waals surface area contributed by atoms with Crippen LogP contribution in [0.4, 0.5) is 0 Å². The molecule has 1 heterocycles. The number of nitrogens with zero attached hydrogens (tertiary/aromatic N) is 1. The molecule has 1 spiro atoms. The number of hydrogen-bond acceptors (Lipinski definition) is 2. The predicted molar refractivity (Wildman–Crippen MR) is 72.1 cm³/mol. The van der Waals surface area contributed by atoms with Crippen molar-refractivity contribution in [1.29, 1.82) is 0 Å². The van der Waals surface area contributed by atoms with Gasteiger partial charge in [0.05, 0.1) is 0 Å². The highest BCUT2D eigenvalue weighted by molar-refractivity contribution is 5.05. The Morgan fingerprint density at radius 1 is 1.18 bits per heavy atom. The molecule has 1 unspecified atom stereocenters. The van der Waals surface area contributed by atoms with Crippen LogP contribution in [0.15, 0.2) is 0 Å². The lowest BCUT2D eigenvalue weighted by molar-refractivity contribution is 0.184. The van der Waals surface area contributed by atoms with Crippen LogP contribution in [-0.2, 0) is 0 Å². The zero-order valence-corrected chi connectivity index (χ0v) is 11.5. The van der Waals surface area contributed by atoms with Crippen molar-refractivity contribution in [3.05, 3.63) is 0 Å². The maximum Gasteiger partial charge on any atom is 0.00388 e. The largest absolute Gasteiger partial charge is 0.317 e. The highest BCUT2D eigenvalue weighted by atomic mass is 15.2. The van der Waals surface area contributed by atoms with E-state index in [1.807, 2.05) is 0 Å². The van der Waals surface area contributed by atoms with Gasteiger partial charge in [-0.25, -0.2) is 0 Å². The van der Waals surface area contributed by atoms with Crippen molar-refractivity contribution in [2.75, 3.05) is 26.2 Å². The Morgan fingerprint density at radius 3 is 2.47 bits per heavy atom. The summed E-state index contributed by atoms with van der Waals surface area (Å²) in [4.78, 5) is 2.76. The van der Waals surface area contributed by atoms with E-state index in [2.05, 4.69) is 24.1 Å². The van der Waals surface area contributed by atoms with Crippen molar-refractivity contribution in [1.82, 2.24) is 10.2 Å². The minimum atomic E-state index is 0.745. The lowest BCUT2D eigenvalue weighted by atomic mass is 9.91. The Balaban J connectivity index is 1.51. The van der Waals surface area contributed by atoms with Gasteiger partial charge in [0, 0.05) is 19.1 Å². The van der Waals surface area contributed by atoms with E-state index in [1.54, 1.807) is 0 Å². The van der Waals surface area contributed by atoms with E-state index in [9.17, 15) is 0 Å². The van der Waals surface area contributed by atoms with Gasteiger partial charge in [-0.15, -0.1) is 0 Å². The fourth-order valence-corrected chi connectivity index (χ4v) is 3.64. The molecule has 1 atom stereocenters. The summed E-state index contributed by atoms with van der Waals surface area (Å²) in [6, 6.07) is 0.745. The Hall–Kier alpha value is -0.0800. The first-order chi connectivity index (χ1) is 8.20.